The molecule has 0 saturated carbocycles. The second-order valence-corrected chi connectivity index (χ2v) is 6.82. The van der Waals surface area contributed by atoms with Gasteiger partial charge in [-0.2, -0.15) is 5.10 Å². The second kappa shape index (κ2) is 9.16. The highest BCUT2D eigenvalue weighted by Gasteiger charge is 2.27. The maximum atomic E-state index is 12.6. The van der Waals surface area contributed by atoms with Crippen molar-refractivity contribution in [1.82, 2.24) is 25.0 Å². The number of benzene rings is 1. The fourth-order valence-corrected chi connectivity index (χ4v) is 2.94. The smallest absolute Gasteiger partial charge is 0.317 e. The van der Waals surface area contributed by atoms with E-state index >= 15 is 0 Å². The summed E-state index contributed by atoms with van der Waals surface area (Å²) in [6.07, 6.45) is 3.78. The standard InChI is InChI=1S/C19H27N5O3/c1-5-16(22-19(27)23(4)10-14(3)18(25)26)17(24-12-20-11-21-24)15-8-6-13(2)7-9-15/h6-9,11-12,14,16-17H,5,10H2,1-4H3,(H,22,27)(H,25,26). The largest absolute Gasteiger partial charge is 0.481 e. The topological polar surface area (TPSA) is 100 Å². The number of carbonyl (C=O) groups is 2. The summed E-state index contributed by atoms with van der Waals surface area (Å²) in [6.45, 7) is 5.72. The first-order valence-corrected chi connectivity index (χ1v) is 8.98. The van der Waals surface area contributed by atoms with E-state index in [0.717, 1.165) is 11.1 Å². The summed E-state index contributed by atoms with van der Waals surface area (Å²) in [5.41, 5.74) is 2.16. The van der Waals surface area contributed by atoms with E-state index in [1.807, 2.05) is 38.1 Å². The van der Waals surface area contributed by atoms with E-state index in [2.05, 4.69) is 15.4 Å². The number of hydrogen-bond donors (Lipinski definition) is 2. The molecule has 0 spiro atoms. The third-order valence-corrected chi connectivity index (χ3v) is 4.59. The van der Waals surface area contributed by atoms with Gasteiger partial charge in [-0.25, -0.2) is 14.5 Å². The Hall–Kier alpha value is -2.90. The minimum atomic E-state index is -0.929. The molecule has 0 fully saturated rings. The molecule has 2 N–H and O–H groups in total. The molecule has 0 aliphatic heterocycles. The number of amides is 2. The van der Waals surface area contributed by atoms with Crippen LogP contribution >= 0.6 is 0 Å². The molecule has 27 heavy (non-hydrogen) atoms. The van der Waals surface area contributed by atoms with Gasteiger partial charge in [0.25, 0.3) is 0 Å². The lowest BCUT2D eigenvalue weighted by molar-refractivity contribution is -0.141. The van der Waals surface area contributed by atoms with Gasteiger partial charge in [0.05, 0.1) is 18.0 Å². The third kappa shape index (κ3) is 5.29. The van der Waals surface area contributed by atoms with E-state index < -0.39 is 11.9 Å². The van der Waals surface area contributed by atoms with Crippen molar-refractivity contribution in [3.05, 3.63) is 48.0 Å². The zero-order valence-electron chi connectivity index (χ0n) is 16.2. The minimum absolute atomic E-state index is 0.135. The maximum Gasteiger partial charge on any atom is 0.317 e. The number of urea groups is 1. The lowest BCUT2D eigenvalue weighted by Gasteiger charge is -2.30. The van der Waals surface area contributed by atoms with E-state index in [1.165, 1.54) is 11.2 Å². The van der Waals surface area contributed by atoms with Crippen LogP contribution in [0, 0.1) is 12.8 Å². The molecule has 8 heteroatoms. The number of carbonyl (C=O) groups excluding carboxylic acids is 1. The molecule has 8 nitrogen and oxygen atoms in total. The minimum Gasteiger partial charge on any atom is -0.481 e. The Labute approximate surface area is 159 Å². The molecular formula is C19H27N5O3. The molecule has 0 radical (unpaired) electrons. The van der Waals surface area contributed by atoms with E-state index in [0.29, 0.717) is 6.42 Å². The van der Waals surface area contributed by atoms with E-state index in [1.54, 1.807) is 25.0 Å². The van der Waals surface area contributed by atoms with Crippen molar-refractivity contribution in [1.29, 1.82) is 0 Å². The van der Waals surface area contributed by atoms with Crippen LogP contribution in [0.5, 0.6) is 0 Å². The number of nitrogens with zero attached hydrogens (tertiary/aromatic N) is 4. The number of carboxylic acids is 1. The number of carboxylic acid groups (broad SMARTS) is 1. The predicted octanol–water partition coefficient (Wildman–Crippen LogP) is 2.32. The molecule has 146 valence electrons. The fraction of sp³-hybridized carbons (Fsp3) is 0.474. The lowest BCUT2D eigenvalue weighted by atomic mass is 9.96. The first kappa shape index (κ1) is 20.4. The van der Waals surface area contributed by atoms with Crippen molar-refractivity contribution >= 4 is 12.0 Å². The summed E-state index contributed by atoms with van der Waals surface area (Å²) in [7, 11) is 1.60. The summed E-state index contributed by atoms with van der Waals surface area (Å²) in [5.74, 6) is -1.56. The predicted molar refractivity (Wildman–Crippen MR) is 101 cm³/mol. The summed E-state index contributed by atoms with van der Waals surface area (Å²) >= 11 is 0. The Morgan fingerprint density at radius 1 is 1.30 bits per heavy atom. The molecule has 2 rings (SSSR count). The van der Waals surface area contributed by atoms with Crippen LogP contribution in [-0.2, 0) is 4.79 Å². The highest BCUT2D eigenvalue weighted by Crippen LogP contribution is 2.24. The molecule has 2 aromatic rings. The fourth-order valence-electron chi connectivity index (χ4n) is 2.94. The number of hydrogen-bond acceptors (Lipinski definition) is 4. The normalized spacial score (nSPS) is 14.2. The molecule has 0 aliphatic carbocycles. The number of aryl methyl sites for hydroxylation is 1. The number of aromatic nitrogens is 3. The van der Waals surface area contributed by atoms with Crippen molar-refractivity contribution in [3.8, 4) is 0 Å². The summed E-state index contributed by atoms with van der Waals surface area (Å²) in [5, 5.41) is 16.3. The van der Waals surface area contributed by atoms with Crippen molar-refractivity contribution in [2.75, 3.05) is 13.6 Å². The Balaban J connectivity index is 2.21. The van der Waals surface area contributed by atoms with Crippen LogP contribution in [0.15, 0.2) is 36.9 Å². The highest BCUT2D eigenvalue weighted by molar-refractivity contribution is 5.76. The Morgan fingerprint density at radius 2 is 1.96 bits per heavy atom. The molecule has 3 unspecified atom stereocenters. The van der Waals surface area contributed by atoms with Crippen molar-refractivity contribution in [2.24, 2.45) is 5.92 Å². The maximum absolute atomic E-state index is 12.6. The average molecular weight is 373 g/mol. The van der Waals surface area contributed by atoms with Crippen LogP contribution in [0.1, 0.15) is 37.4 Å². The van der Waals surface area contributed by atoms with Gasteiger partial charge in [-0.3, -0.25) is 4.79 Å². The van der Waals surface area contributed by atoms with Gasteiger partial charge in [0, 0.05) is 13.6 Å². The second-order valence-electron chi connectivity index (χ2n) is 6.82. The summed E-state index contributed by atoms with van der Waals surface area (Å²) in [4.78, 5) is 29.1. The molecular weight excluding hydrogens is 346 g/mol. The zero-order chi connectivity index (χ0) is 20.0. The summed E-state index contributed by atoms with van der Waals surface area (Å²) < 4.78 is 1.74. The van der Waals surface area contributed by atoms with Gasteiger partial charge < -0.3 is 15.3 Å². The molecule has 1 aromatic heterocycles. The Morgan fingerprint density at radius 3 is 2.48 bits per heavy atom. The Kier molecular flexibility index (Phi) is 6.92. The van der Waals surface area contributed by atoms with Gasteiger partial charge in [0.1, 0.15) is 12.7 Å². The van der Waals surface area contributed by atoms with Gasteiger partial charge in [0.2, 0.25) is 0 Å². The van der Waals surface area contributed by atoms with Crippen molar-refractivity contribution < 1.29 is 14.7 Å². The van der Waals surface area contributed by atoms with E-state index in [4.69, 9.17) is 5.11 Å². The quantitative estimate of drug-likeness (QED) is 0.740. The molecule has 3 atom stereocenters. The van der Waals surface area contributed by atoms with Crippen molar-refractivity contribution in [3.63, 3.8) is 0 Å². The monoisotopic (exact) mass is 373 g/mol. The molecule has 0 bridgehead atoms. The summed E-state index contributed by atoms with van der Waals surface area (Å²) in [6, 6.07) is 7.33. The van der Waals surface area contributed by atoms with Crippen LogP contribution < -0.4 is 5.32 Å². The Bertz CT molecular complexity index is 745. The first-order chi connectivity index (χ1) is 12.8. The van der Waals surface area contributed by atoms with E-state index in [9.17, 15) is 9.59 Å². The third-order valence-electron chi connectivity index (χ3n) is 4.59. The van der Waals surface area contributed by atoms with Gasteiger partial charge >= 0.3 is 12.0 Å². The van der Waals surface area contributed by atoms with Gasteiger partial charge in [-0.05, 0) is 18.9 Å². The van der Waals surface area contributed by atoms with E-state index in [-0.39, 0.29) is 24.7 Å². The van der Waals surface area contributed by atoms with Crippen LogP contribution in [0.3, 0.4) is 0 Å². The number of rotatable bonds is 8. The van der Waals surface area contributed by atoms with Crippen LogP contribution in [0.2, 0.25) is 0 Å². The van der Waals surface area contributed by atoms with Gasteiger partial charge in [-0.1, -0.05) is 43.7 Å². The first-order valence-electron chi connectivity index (χ1n) is 8.98. The van der Waals surface area contributed by atoms with Gasteiger partial charge in [-0.15, -0.1) is 0 Å². The van der Waals surface area contributed by atoms with Gasteiger partial charge in [0.15, 0.2) is 0 Å². The average Bonchev–Trinajstić information content (AvgIpc) is 3.16. The number of nitrogens with one attached hydrogen (secondary N) is 1. The molecule has 1 heterocycles. The molecule has 0 saturated heterocycles. The SMILES string of the molecule is CCC(NC(=O)N(C)CC(C)C(=O)O)C(c1ccc(C)cc1)n1cncn1. The molecule has 0 aliphatic rings. The zero-order valence-corrected chi connectivity index (χ0v) is 16.2. The lowest BCUT2D eigenvalue weighted by Crippen LogP contribution is -2.48. The number of aliphatic carboxylic acids is 1. The van der Waals surface area contributed by atoms with Crippen molar-refractivity contribution in [2.45, 2.75) is 39.3 Å². The van der Waals surface area contributed by atoms with Crippen LogP contribution in [-0.4, -0.2) is 56.4 Å². The highest BCUT2D eigenvalue weighted by atomic mass is 16.4. The van der Waals surface area contributed by atoms with Crippen LogP contribution in [0.25, 0.3) is 0 Å². The van der Waals surface area contributed by atoms with Crippen LogP contribution in [0.4, 0.5) is 4.79 Å². The molecule has 1 aromatic carbocycles. The molecule has 2 amide bonds.